The van der Waals surface area contributed by atoms with E-state index in [1.807, 2.05) is 50.3 Å². The quantitative estimate of drug-likeness (QED) is 0.649. The lowest BCUT2D eigenvalue weighted by molar-refractivity contribution is -0.156. The predicted octanol–water partition coefficient (Wildman–Crippen LogP) is 3.92. The molecule has 1 amide bonds. The third-order valence-electron chi connectivity index (χ3n) is 3.54. The van der Waals surface area contributed by atoms with Crippen molar-refractivity contribution in [2.45, 2.75) is 32.8 Å². The Morgan fingerprint density at radius 1 is 1.14 bits per heavy atom. The summed E-state index contributed by atoms with van der Waals surface area (Å²) in [6, 6.07) is 7.37. The van der Waals surface area contributed by atoms with Gasteiger partial charge in [0.1, 0.15) is 0 Å². The zero-order valence-electron chi connectivity index (χ0n) is 12.7. The minimum absolute atomic E-state index is 0.141. The van der Waals surface area contributed by atoms with Gasteiger partial charge in [-0.15, -0.1) is 0 Å². The number of benzene rings is 1. The number of hydrogen-bond acceptors (Lipinski definition) is 3. The smallest absolute Gasteiger partial charge is 0.310 e. The third kappa shape index (κ3) is 4.44. The number of carbonyl (C=O) groups excluding carboxylic acids is 2. The molecule has 0 unspecified atom stereocenters. The van der Waals surface area contributed by atoms with Gasteiger partial charge in [-0.1, -0.05) is 28.1 Å². The number of allylic oxidation sites excluding steroid dienone is 2. The van der Waals surface area contributed by atoms with Crippen LogP contribution in [0.1, 0.15) is 26.7 Å². The molecule has 0 radical (unpaired) electrons. The van der Waals surface area contributed by atoms with E-state index in [4.69, 9.17) is 4.74 Å². The third-order valence-corrected chi connectivity index (χ3v) is 4.06. The maximum absolute atomic E-state index is 12.5. The van der Waals surface area contributed by atoms with Crippen LogP contribution in [0.5, 0.6) is 0 Å². The highest BCUT2D eigenvalue weighted by Gasteiger charge is 2.35. The van der Waals surface area contributed by atoms with E-state index in [9.17, 15) is 9.59 Å². The molecule has 118 valence electrons. The number of anilines is 1. The molecule has 0 heterocycles. The lowest BCUT2D eigenvalue weighted by atomic mass is 9.82. The van der Waals surface area contributed by atoms with Crippen LogP contribution < -0.4 is 5.32 Å². The van der Waals surface area contributed by atoms with Crippen LogP contribution in [-0.2, 0) is 14.3 Å². The molecule has 1 aliphatic rings. The van der Waals surface area contributed by atoms with E-state index in [-0.39, 0.29) is 23.9 Å². The Bertz CT molecular complexity index is 566. The number of rotatable bonds is 4. The summed E-state index contributed by atoms with van der Waals surface area (Å²) in [7, 11) is 0. The number of halogens is 1. The summed E-state index contributed by atoms with van der Waals surface area (Å²) in [4.78, 5) is 24.7. The van der Waals surface area contributed by atoms with Crippen molar-refractivity contribution in [3.63, 3.8) is 0 Å². The average Bonchev–Trinajstić information content (AvgIpc) is 2.49. The van der Waals surface area contributed by atoms with Crippen LogP contribution in [-0.4, -0.2) is 18.0 Å². The van der Waals surface area contributed by atoms with Crippen LogP contribution in [0.4, 0.5) is 5.69 Å². The number of amides is 1. The maximum atomic E-state index is 12.5. The largest absolute Gasteiger partial charge is 0.463 e. The van der Waals surface area contributed by atoms with Crippen molar-refractivity contribution in [2.75, 3.05) is 5.32 Å². The molecule has 0 fully saturated rings. The molecule has 1 aromatic carbocycles. The highest BCUT2D eigenvalue weighted by Crippen LogP contribution is 2.28. The van der Waals surface area contributed by atoms with Crippen molar-refractivity contribution in [1.29, 1.82) is 0 Å². The minimum Gasteiger partial charge on any atom is -0.463 e. The van der Waals surface area contributed by atoms with E-state index in [1.165, 1.54) is 0 Å². The van der Waals surface area contributed by atoms with E-state index < -0.39 is 5.92 Å². The van der Waals surface area contributed by atoms with Crippen LogP contribution in [0.2, 0.25) is 0 Å². The molecule has 2 rings (SSSR count). The van der Waals surface area contributed by atoms with Gasteiger partial charge < -0.3 is 10.1 Å². The van der Waals surface area contributed by atoms with Gasteiger partial charge >= 0.3 is 5.97 Å². The monoisotopic (exact) mass is 365 g/mol. The fraction of sp³-hybridized carbons (Fsp3) is 0.412. The summed E-state index contributed by atoms with van der Waals surface area (Å²) in [6.45, 7) is 3.63. The Labute approximate surface area is 139 Å². The molecule has 0 spiro atoms. The molecule has 0 saturated carbocycles. The molecular formula is C17H20BrNO3. The first-order valence-electron chi connectivity index (χ1n) is 7.39. The average molecular weight is 366 g/mol. The fourth-order valence-electron chi connectivity index (χ4n) is 2.45. The summed E-state index contributed by atoms with van der Waals surface area (Å²) in [5.41, 5.74) is 0.721. The Kier molecular flexibility index (Phi) is 5.77. The van der Waals surface area contributed by atoms with Crippen LogP contribution in [0.15, 0.2) is 40.9 Å². The predicted molar refractivity (Wildman–Crippen MR) is 89.4 cm³/mol. The summed E-state index contributed by atoms with van der Waals surface area (Å²) in [6.07, 6.45) is 4.82. The summed E-state index contributed by atoms with van der Waals surface area (Å²) in [5.74, 6) is -1.24. The first-order valence-corrected chi connectivity index (χ1v) is 8.18. The molecule has 2 atom stereocenters. The van der Waals surface area contributed by atoms with Gasteiger partial charge in [0, 0.05) is 10.2 Å². The van der Waals surface area contributed by atoms with Crippen molar-refractivity contribution >= 4 is 33.5 Å². The van der Waals surface area contributed by atoms with Crippen LogP contribution in [0.25, 0.3) is 0 Å². The van der Waals surface area contributed by atoms with Crippen LogP contribution in [0, 0.1) is 11.8 Å². The lowest BCUT2D eigenvalue weighted by Gasteiger charge is -2.26. The number of carbonyl (C=O) groups is 2. The molecule has 0 aliphatic heterocycles. The second-order valence-corrected chi connectivity index (χ2v) is 6.55. The molecule has 4 nitrogen and oxygen atoms in total. The highest BCUT2D eigenvalue weighted by atomic mass is 79.9. The first kappa shape index (κ1) is 16.7. The summed E-state index contributed by atoms with van der Waals surface area (Å²) in [5, 5.41) is 2.88. The van der Waals surface area contributed by atoms with E-state index in [1.54, 1.807) is 0 Å². The molecule has 1 aliphatic carbocycles. The topological polar surface area (TPSA) is 55.4 Å². The zero-order valence-corrected chi connectivity index (χ0v) is 14.3. The van der Waals surface area contributed by atoms with Crippen molar-refractivity contribution in [2.24, 2.45) is 11.8 Å². The minimum atomic E-state index is -0.414. The van der Waals surface area contributed by atoms with Gasteiger partial charge in [0.2, 0.25) is 5.91 Å². The van der Waals surface area contributed by atoms with Crippen LogP contribution in [0.3, 0.4) is 0 Å². The van der Waals surface area contributed by atoms with E-state index >= 15 is 0 Å². The number of nitrogens with one attached hydrogen (secondary N) is 1. The zero-order chi connectivity index (χ0) is 16.1. The Hall–Kier alpha value is -1.62. The van der Waals surface area contributed by atoms with Crippen molar-refractivity contribution in [3.8, 4) is 0 Å². The maximum Gasteiger partial charge on any atom is 0.310 e. The van der Waals surface area contributed by atoms with E-state index in [0.29, 0.717) is 12.8 Å². The Morgan fingerprint density at radius 2 is 1.73 bits per heavy atom. The second kappa shape index (κ2) is 7.58. The van der Waals surface area contributed by atoms with E-state index in [2.05, 4.69) is 21.2 Å². The molecule has 5 heteroatoms. The Balaban J connectivity index is 2.06. The SMILES string of the molecule is CC(C)OC(=O)[C@H]1CC=CC[C@H]1C(=O)Nc1ccc(Br)cc1. The molecule has 1 N–H and O–H groups in total. The van der Waals surface area contributed by atoms with Gasteiger partial charge in [-0.05, 0) is 51.0 Å². The number of hydrogen-bond donors (Lipinski definition) is 1. The normalized spacial score (nSPS) is 20.7. The number of ether oxygens (including phenoxy) is 1. The molecule has 0 aromatic heterocycles. The van der Waals surface area contributed by atoms with Gasteiger partial charge in [-0.25, -0.2) is 0 Å². The lowest BCUT2D eigenvalue weighted by Crippen LogP contribution is -2.36. The van der Waals surface area contributed by atoms with E-state index in [0.717, 1.165) is 10.2 Å². The first-order chi connectivity index (χ1) is 10.5. The Morgan fingerprint density at radius 3 is 2.32 bits per heavy atom. The number of esters is 1. The molecule has 0 saturated heterocycles. The summed E-state index contributed by atoms with van der Waals surface area (Å²) >= 11 is 3.36. The van der Waals surface area contributed by atoms with Crippen molar-refractivity contribution in [1.82, 2.24) is 0 Å². The molecule has 1 aromatic rings. The molecule has 0 bridgehead atoms. The molecular weight excluding hydrogens is 346 g/mol. The van der Waals surface area contributed by atoms with Gasteiger partial charge in [0.25, 0.3) is 0 Å². The standard InChI is InChI=1S/C17H20BrNO3/c1-11(2)22-17(21)15-6-4-3-5-14(15)16(20)19-13-9-7-12(18)8-10-13/h3-4,7-11,14-15H,5-6H2,1-2H3,(H,19,20)/t14-,15+/m1/s1. The van der Waals surface area contributed by atoms with Crippen molar-refractivity contribution < 1.29 is 14.3 Å². The van der Waals surface area contributed by atoms with Gasteiger partial charge in [-0.3, -0.25) is 9.59 Å². The second-order valence-electron chi connectivity index (χ2n) is 5.64. The van der Waals surface area contributed by atoms with Gasteiger partial charge in [0.05, 0.1) is 17.9 Å². The van der Waals surface area contributed by atoms with Gasteiger partial charge in [0.15, 0.2) is 0 Å². The fourth-order valence-corrected chi connectivity index (χ4v) is 2.72. The van der Waals surface area contributed by atoms with Crippen LogP contribution >= 0.6 is 15.9 Å². The highest BCUT2D eigenvalue weighted by molar-refractivity contribution is 9.10. The molecule has 22 heavy (non-hydrogen) atoms. The summed E-state index contributed by atoms with van der Waals surface area (Å²) < 4.78 is 6.23. The van der Waals surface area contributed by atoms with Gasteiger partial charge in [-0.2, -0.15) is 0 Å². The van der Waals surface area contributed by atoms with Crippen molar-refractivity contribution in [3.05, 3.63) is 40.9 Å².